The Morgan fingerprint density at radius 1 is 1.05 bits per heavy atom. The zero-order valence-electron chi connectivity index (χ0n) is 18.8. The van der Waals surface area contributed by atoms with Crippen LogP contribution < -0.4 is 9.47 Å². The lowest BCUT2D eigenvalue weighted by Gasteiger charge is -2.13. The van der Waals surface area contributed by atoms with Crippen molar-refractivity contribution in [3.63, 3.8) is 0 Å². The number of non-ortho nitro benzene ring substituents is 2. The molecule has 37 heavy (non-hydrogen) atoms. The summed E-state index contributed by atoms with van der Waals surface area (Å²) in [4.78, 5) is 37.5. The first kappa shape index (κ1) is 26.0. The number of carbonyl (C=O) groups is 1. The number of rotatable bonds is 8. The number of nitrogens with zero attached hydrogens (tertiary/aromatic N) is 3. The van der Waals surface area contributed by atoms with E-state index >= 15 is 0 Å². The predicted molar refractivity (Wildman–Crippen MR) is 142 cm³/mol. The Kier molecular flexibility index (Phi) is 7.69. The number of esters is 1. The molecule has 0 spiro atoms. The first-order valence-electron chi connectivity index (χ1n) is 10.4. The van der Waals surface area contributed by atoms with Crippen LogP contribution in [-0.2, 0) is 16.1 Å². The van der Waals surface area contributed by atoms with Crippen LogP contribution in [0.25, 0.3) is 6.08 Å². The van der Waals surface area contributed by atoms with E-state index in [9.17, 15) is 25.0 Å². The number of benzene rings is 3. The zero-order chi connectivity index (χ0) is 26.7. The minimum absolute atomic E-state index is 0.0164. The molecule has 0 amide bonds. The molecule has 0 saturated carbocycles. The molecule has 1 aliphatic heterocycles. The summed E-state index contributed by atoms with van der Waals surface area (Å²) >= 11 is 8.19. The summed E-state index contributed by atoms with van der Waals surface area (Å²) in [6, 6.07) is 13.1. The number of nitro groups is 2. The molecule has 3 aromatic rings. The van der Waals surface area contributed by atoms with E-state index in [4.69, 9.17) is 25.8 Å². The van der Waals surface area contributed by atoms with Gasteiger partial charge in [0.15, 0.2) is 17.2 Å². The van der Waals surface area contributed by atoms with Gasteiger partial charge < -0.3 is 14.2 Å². The first-order valence-corrected chi connectivity index (χ1v) is 11.8. The van der Waals surface area contributed by atoms with Gasteiger partial charge in [-0.1, -0.05) is 11.6 Å². The van der Waals surface area contributed by atoms with Gasteiger partial charge in [0.1, 0.15) is 6.61 Å². The van der Waals surface area contributed by atoms with E-state index in [0.717, 1.165) is 5.56 Å². The molecule has 1 aliphatic rings. The second kappa shape index (κ2) is 10.9. The standard InChI is InChI=1S/C24H15ClIN3O8/c1-35-21-10-14(8-19(26)22(21)36-12-13-2-4-15(5-3-13)28(31)32)9-20-24(30)37-23(27-20)17-11-16(29(33)34)6-7-18(17)25/h2-11H,12H2,1H3/b20-9-. The van der Waals surface area contributed by atoms with Gasteiger partial charge >= 0.3 is 5.97 Å². The van der Waals surface area contributed by atoms with Crippen molar-refractivity contribution in [3.8, 4) is 11.5 Å². The van der Waals surface area contributed by atoms with Crippen molar-refractivity contribution in [1.82, 2.24) is 0 Å². The van der Waals surface area contributed by atoms with Crippen LogP contribution in [0.15, 0.2) is 65.3 Å². The number of hydrogen-bond acceptors (Lipinski definition) is 9. The molecule has 0 N–H and O–H groups in total. The molecule has 188 valence electrons. The molecule has 11 nitrogen and oxygen atoms in total. The van der Waals surface area contributed by atoms with Gasteiger partial charge in [-0.25, -0.2) is 9.79 Å². The molecule has 0 atom stereocenters. The molecule has 0 saturated heterocycles. The number of methoxy groups -OCH3 is 1. The minimum atomic E-state index is -0.745. The summed E-state index contributed by atoms with van der Waals surface area (Å²) in [6.07, 6.45) is 1.48. The van der Waals surface area contributed by atoms with Crippen molar-refractivity contribution in [3.05, 3.63) is 106 Å². The number of halogens is 2. The first-order chi connectivity index (χ1) is 17.7. The molecule has 3 aromatic carbocycles. The van der Waals surface area contributed by atoms with Gasteiger partial charge in [-0.2, -0.15) is 0 Å². The van der Waals surface area contributed by atoms with E-state index in [0.29, 0.717) is 20.6 Å². The lowest BCUT2D eigenvalue weighted by Crippen LogP contribution is -2.06. The minimum Gasteiger partial charge on any atom is -0.493 e. The predicted octanol–water partition coefficient (Wildman–Crippen LogP) is 5.69. The number of hydrogen-bond donors (Lipinski definition) is 0. The van der Waals surface area contributed by atoms with Gasteiger partial charge in [-0.3, -0.25) is 20.2 Å². The van der Waals surface area contributed by atoms with E-state index in [2.05, 4.69) is 27.6 Å². The van der Waals surface area contributed by atoms with Gasteiger partial charge in [-0.05, 0) is 70.1 Å². The van der Waals surface area contributed by atoms with Crippen LogP contribution in [0.2, 0.25) is 5.02 Å². The van der Waals surface area contributed by atoms with Gasteiger partial charge in [0.2, 0.25) is 5.90 Å². The normalized spacial score (nSPS) is 13.8. The van der Waals surface area contributed by atoms with E-state index in [-0.39, 0.29) is 40.2 Å². The number of ether oxygens (including phenoxy) is 3. The van der Waals surface area contributed by atoms with Crippen LogP contribution in [-0.4, -0.2) is 28.8 Å². The third-order valence-corrected chi connectivity index (χ3v) is 6.23. The van der Waals surface area contributed by atoms with Gasteiger partial charge in [0, 0.05) is 24.3 Å². The quantitative estimate of drug-likeness (QED) is 0.101. The van der Waals surface area contributed by atoms with E-state index in [1.54, 1.807) is 24.3 Å². The molecular formula is C24H15ClIN3O8. The average Bonchev–Trinajstić information content (AvgIpc) is 3.23. The monoisotopic (exact) mass is 635 g/mol. The van der Waals surface area contributed by atoms with E-state index in [1.165, 1.54) is 43.5 Å². The van der Waals surface area contributed by atoms with Crippen LogP contribution in [0.4, 0.5) is 11.4 Å². The van der Waals surface area contributed by atoms with Crippen molar-refractivity contribution in [1.29, 1.82) is 0 Å². The molecule has 0 radical (unpaired) electrons. The summed E-state index contributed by atoms with van der Waals surface area (Å²) in [5.74, 6) is -0.0529. The molecule has 0 bridgehead atoms. The maximum absolute atomic E-state index is 12.4. The number of cyclic esters (lactones) is 1. The Hall–Kier alpha value is -4.04. The fraction of sp³-hybridized carbons (Fsp3) is 0.0833. The molecule has 0 unspecified atom stereocenters. The Morgan fingerprint density at radius 3 is 2.38 bits per heavy atom. The van der Waals surface area contributed by atoms with Crippen LogP contribution >= 0.6 is 34.2 Å². The number of nitro benzene ring substituents is 2. The molecule has 4 rings (SSSR count). The molecule has 0 aliphatic carbocycles. The summed E-state index contributed by atoms with van der Waals surface area (Å²) in [5, 5.41) is 22.1. The highest BCUT2D eigenvalue weighted by atomic mass is 127. The van der Waals surface area contributed by atoms with Crippen LogP contribution in [0.1, 0.15) is 16.7 Å². The third-order valence-electron chi connectivity index (χ3n) is 5.10. The summed E-state index contributed by atoms with van der Waals surface area (Å²) in [7, 11) is 1.46. The van der Waals surface area contributed by atoms with Crippen LogP contribution in [0.3, 0.4) is 0 Å². The molecule has 1 heterocycles. The zero-order valence-corrected chi connectivity index (χ0v) is 21.8. The second-order valence-electron chi connectivity index (χ2n) is 7.50. The SMILES string of the molecule is COc1cc(/C=C2\N=C(c3cc([N+](=O)[O-])ccc3Cl)OC2=O)cc(I)c1OCc1ccc([N+](=O)[O-])cc1. The smallest absolute Gasteiger partial charge is 0.363 e. The van der Waals surface area contributed by atoms with E-state index < -0.39 is 15.8 Å². The van der Waals surface area contributed by atoms with Gasteiger partial charge in [-0.15, -0.1) is 0 Å². The van der Waals surface area contributed by atoms with Crippen LogP contribution in [0.5, 0.6) is 11.5 Å². The topological polar surface area (TPSA) is 143 Å². The molecule has 0 aromatic heterocycles. The second-order valence-corrected chi connectivity index (χ2v) is 9.07. The highest BCUT2D eigenvalue weighted by molar-refractivity contribution is 14.1. The van der Waals surface area contributed by atoms with Crippen molar-refractivity contribution >= 4 is 63.5 Å². The third kappa shape index (κ3) is 5.86. The number of carbonyl (C=O) groups excluding carboxylic acids is 1. The molecular weight excluding hydrogens is 621 g/mol. The Bertz CT molecular complexity index is 1490. The van der Waals surface area contributed by atoms with Crippen molar-refractivity contribution in [2.24, 2.45) is 4.99 Å². The highest BCUT2D eigenvalue weighted by Crippen LogP contribution is 2.36. The van der Waals surface area contributed by atoms with Crippen LogP contribution in [0, 0.1) is 23.8 Å². The maximum atomic E-state index is 12.4. The van der Waals surface area contributed by atoms with Crippen molar-refractivity contribution in [2.75, 3.05) is 7.11 Å². The maximum Gasteiger partial charge on any atom is 0.363 e. The largest absolute Gasteiger partial charge is 0.493 e. The highest BCUT2D eigenvalue weighted by Gasteiger charge is 2.27. The lowest BCUT2D eigenvalue weighted by atomic mass is 10.1. The van der Waals surface area contributed by atoms with Crippen molar-refractivity contribution in [2.45, 2.75) is 6.61 Å². The Balaban J connectivity index is 1.59. The lowest BCUT2D eigenvalue weighted by molar-refractivity contribution is -0.385. The number of aliphatic imine (C=N–C) groups is 1. The Morgan fingerprint density at radius 2 is 1.73 bits per heavy atom. The molecule has 0 fully saturated rings. The molecule has 13 heteroatoms. The van der Waals surface area contributed by atoms with Gasteiger partial charge in [0.25, 0.3) is 11.4 Å². The average molecular weight is 636 g/mol. The summed E-state index contributed by atoms with van der Waals surface area (Å²) < 4.78 is 17.2. The summed E-state index contributed by atoms with van der Waals surface area (Å²) in [5.41, 5.74) is 1.14. The van der Waals surface area contributed by atoms with Crippen molar-refractivity contribution < 1.29 is 28.9 Å². The Labute approximate surface area is 227 Å². The fourth-order valence-corrected chi connectivity index (χ4v) is 4.28. The fourth-order valence-electron chi connectivity index (χ4n) is 3.31. The van der Waals surface area contributed by atoms with E-state index in [1.807, 2.05) is 0 Å². The summed E-state index contributed by atoms with van der Waals surface area (Å²) in [6.45, 7) is 0.148. The van der Waals surface area contributed by atoms with Gasteiger partial charge in [0.05, 0.1) is 31.1 Å².